The molecular formula is C17H24N2O3S. The Balaban J connectivity index is 1.96. The SMILES string of the molecule is Cc1cccc([C@H](C)[S@@](=O)CC(=O)N2CCC[C@H](C(N)=O)C2)c1. The van der Waals surface area contributed by atoms with Crippen LogP contribution in [0.2, 0.25) is 0 Å². The highest BCUT2D eigenvalue weighted by atomic mass is 32.2. The van der Waals surface area contributed by atoms with Gasteiger partial charge in [-0.2, -0.15) is 0 Å². The first-order valence-corrected chi connectivity index (χ1v) is 9.27. The van der Waals surface area contributed by atoms with Crippen LogP contribution >= 0.6 is 0 Å². The Kier molecular flexibility index (Phi) is 5.93. The lowest BCUT2D eigenvalue weighted by molar-refractivity contribution is -0.132. The summed E-state index contributed by atoms with van der Waals surface area (Å²) in [4.78, 5) is 25.3. The number of rotatable bonds is 5. The fraction of sp³-hybridized carbons (Fsp3) is 0.529. The van der Waals surface area contributed by atoms with Crippen molar-refractivity contribution >= 4 is 22.6 Å². The molecule has 23 heavy (non-hydrogen) atoms. The first-order chi connectivity index (χ1) is 10.9. The Morgan fingerprint density at radius 1 is 1.43 bits per heavy atom. The maximum absolute atomic E-state index is 12.5. The molecular weight excluding hydrogens is 312 g/mol. The molecule has 0 unspecified atom stereocenters. The predicted octanol–water partition coefficient (Wildman–Crippen LogP) is 1.53. The summed E-state index contributed by atoms with van der Waals surface area (Å²) in [6, 6.07) is 7.85. The second-order valence-electron chi connectivity index (χ2n) is 6.16. The molecule has 0 spiro atoms. The van der Waals surface area contributed by atoms with Gasteiger partial charge in [-0.05, 0) is 32.3 Å². The van der Waals surface area contributed by atoms with E-state index in [2.05, 4.69) is 0 Å². The van der Waals surface area contributed by atoms with Gasteiger partial charge >= 0.3 is 0 Å². The number of benzene rings is 1. The number of aryl methyl sites for hydroxylation is 1. The van der Waals surface area contributed by atoms with Gasteiger partial charge in [0.2, 0.25) is 11.8 Å². The standard InChI is InChI=1S/C17H24N2O3S/c1-12-5-3-6-14(9-12)13(2)23(22)11-16(20)19-8-4-7-15(10-19)17(18)21/h3,5-6,9,13,15H,4,7-8,10-11H2,1-2H3,(H2,18,21)/t13-,15-,23-/m0/s1. The summed E-state index contributed by atoms with van der Waals surface area (Å²) < 4.78 is 12.5. The fourth-order valence-corrected chi connectivity index (χ4v) is 3.97. The predicted molar refractivity (Wildman–Crippen MR) is 91.1 cm³/mol. The van der Waals surface area contributed by atoms with E-state index in [0.717, 1.165) is 24.0 Å². The van der Waals surface area contributed by atoms with E-state index in [-0.39, 0.29) is 28.7 Å². The Morgan fingerprint density at radius 2 is 2.17 bits per heavy atom. The molecule has 0 bridgehead atoms. The summed E-state index contributed by atoms with van der Waals surface area (Å²) in [6.07, 6.45) is 1.49. The van der Waals surface area contributed by atoms with Crippen LogP contribution in [-0.4, -0.2) is 39.8 Å². The minimum Gasteiger partial charge on any atom is -0.369 e. The van der Waals surface area contributed by atoms with E-state index >= 15 is 0 Å². The molecule has 2 amide bonds. The van der Waals surface area contributed by atoms with Crippen LogP contribution in [0.4, 0.5) is 0 Å². The molecule has 1 saturated heterocycles. The van der Waals surface area contributed by atoms with Crippen LogP contribution in [-0.2, 0) is 20.4 Å². The largest absolute Gasteiger partial charge is 0.369 e. The smallest absolute Gasteiger partial charge is 0.235 e. The lowest BCUT2D eigenvalue weighted by Crippen LogP contribution is -2.45. The van der Waals surface area contributed by atoms with Gasteiger partial charge in [0.25, 0.3) is 0 Å². The van der Waals surface area contributed by atoms with Gasteiger partial charge in [0.05, 0.1) is 11.2 Å². The van der Waals surface area contributed by atoms with Crippen molar-refractivity contribution in [3.8, 4) is 0 Å². The number of primary amides is 1. The topological polar surface area (TPSA) is 80.5 Å². The Labute approximate surface area is 139 Å². The van der Waals surface area contributed by atoms with Crippen molar-refractivity contribution < 1.29 is 13.8 Å². The second-order valence-corrected chi connectivity index (χ2v) is 7.92. The third-order valence-electron chi connectivity index (χ3n) is 4.35. The molecule has 0 saturated carbocycles. The van der Waals surface area contributed by atoms with Gasteiger partial charge in [0.1, 0.15) is 5.75 Å². The maximum Gasteiger partial charge on any atom is 0.235 e. The average Bonchev–Trinajstić information content (AvgIpc) is 2.54. The van der Waals surface area contributed by atoms with Crippen molar-refractivity contribution in [2.45, 2.75) is 31.9 Å². The zero-order valence-corrected chi connectivity index (χ0v) is 14.5. The molecule has 1 aromatic rings. The van der Waals surface area contributed by atoms with Crippen molar-refractivity contribution in [1.82, 2.24) is 4.90 Å². The summed E-state index contributed by atoms with van der Waals surface area (Å²) in [7, 11) is -1.29. The Morgan fingerprint density at radius 3 is 2.83 bits per heavy atom. The molecule has 1 aliphatic heterocycles. The third-order valence-corrected chi connectivity index (χ3v) is 5.94. The molecule has 1 aromatic carbocycles. The number of nitrogens with zero attached hydrogens (tertiary/aromatic N) is 1. The van der Waals surface area contributed by atoms with Crippen molar-refractivity contribution in [3.63, 3.8) is 0 Å². The molecule has 0 radical (unpaired) electrons. The minimum absolute atomic E-state index is 0.0133. The first-order valence-electron chi connectivity index (χ1n) is 7.89. The van der Waals surface area contributed by atoms with E-state index in [1.165, 1.54) is 0 Å². The first kappa shape index (κ1) is 17.7. The number of hydrogen-bond acceptors (Lipinski definition) is 3. The Hall–Kier alpha value is -1.69. The van der Waals surface area contributed by atoms with Gasteiger partial charge in [-0.1, -0.05) is 29.8 Å². The van der Waals surface area contributed by atoms with E-state index in [0.29, 0.717) is 13.1 Å². The quantitative estimate of drug-likeness (QED) is 0.885. The summed E-state index contributed by atoms with van der Waals surface area (Å²) in [5, 5.41) is -0.199. The molecule has 3 atom stereocenters. The molecule has 0 aliphatic carbocycles. The zero-order valence-electron chi connectivity index (χ0n) is 13.7. The zero-order chi connectivity index (χ0) is 17.0. The van der Waals surface area contributed by atoms with Gasteiger partial charge in [0.15, 0.2) is 0 Å². The van der Waals surface area contributed by atoms with Gasteiger partial charge in [-0.25, -0.2) is 0 Å². The van der Waals surface area contributed by atoms with Crippen molar-refractivity contribution in [1.29, 1.82) is 0 Å². The molecule has 1 aliphatic rings. The lowest BCUT2D eigenvalue weighted by atomic mass is 9.97. The maximum atomic E-state index is 12.5. The fourth-order valence-electron chi connectivity index (χ4n) is 2.85. The van der Waals surface area contributed by atoms with Crippen LogP contribution in [0.1, 0.15) is 36.1 Å². The molecule has 5 nitrogen and oxygen atoms in total. The molecule has 126 valence electrons. The third kappa shape index (κ3) is 4.64. The second kappa shape index (κ2) is 7.73. The minimum atomic E-state index is -1.29. The highest BCUT2D eigenvalue weighted by Crippen LogP contribution is 2.22. The molecule has 1 fully saturated rings. The molecule has 0 aromatic heterocycles. The summed E-state index contributed by atoms with van der Waals surface area (Å²) in [5.74, 6) is -0.818. The number of likely N-dealkylation sites (tertiary alicyclic amines) is 1. The number of piperidine rings is 1. The van der Waals surface area contributed by atoms with E-state index in [4.69, 9.17) is 5.73 Å². The molecule has 2 rings (SSSR count). The van der Waals surface area contributed by atoms with Crippen LogP contribution in [0.15, 0.2) is 24.3 Å². The highest BCUT2D eigenvalue weighted by molar-refractivity contribution is 7.86. The van der Waals surface area contributed by atoms with E-state index < -0.39 is 10.8 Å². The number of hydrogen-bond donors (Lipinski definition) is 1. The van der Waals surface area contributed by atoms with Gasteiger partial charge in [0, 0.05) is 23.9 Å². The molecule has 2 N–H and O–H groups in total. The summed E-state index contributed by atoms with van der Waals surface area (Å²) in [6.45, 7) is 4.82. The Bertz CT molecular complexity index is 618. The van der Waals surface area contributed by atoms with Crippen LogP contribution in [0.5, 0.6) is 0 Å². The van der Waals surface area contributed by atoms with Gasteiger partial charge in [-0.3, -0.25) is 13.8 Å². The van der Waals surface area contributed by atoms with Crippen LogP contribution < -0.4 is 5.73 Å². The molecule has 6 heteroatoms. The van der Waals surface area contributed by atoms with Crippen LogP contribution in [0.3, 0.4) is 0 Å². The summed E-state index contributed by atoms with van der Waals surface area (Å²) >= 11 is 0. The average molecular weight is 336 g/mol. The van der Waals surface area contributed by atoms with Crippen molar-refractivity contribution in [3.05, 3.63) is 35.4 Å². The monoisotopic (exact) mass is 336 g/mol. The van der Waals surface area contributed by atoms with E-state index in [1.54, 1.807) is 4.90 Å². The van der Waals surface area contributed by atoms with E-state index in [1.807, 2.05) is 38.1 Å². The lowest BCUT2D eigenvalue weighted by Gasteiger charge is -2.31. The number of nitrogens with two attached hydrogens (primary N) is 1. The van der Waals surface area contributed by atoms with E-state index in [9.17, 15) is 13.8 Å². The van der Waals surface area contributed by atoms with Gasteiger partial charge in [-0.15, -0.1) is 0 Å². The van der Waals surface area contributed by atoms with Gasteiger partial charge < -0.3 is 10.6 Å². The number of carbonyl (C=O) groups excluding carboxylic acids is 2. The number of amides is 2. The van der Waals surface area contributed by atoms with Crippen LogP contribution in [0.25, 0.3) is 0 Å². The highest BCUT2D eigenvalue weighted by Gasteiger charge is 2.28. The summed E-state index contributed by atoms with van der Waals surface area (Å²) in [5.41, 5.74) is 7.42. The van der Waals surface area contributed by atoms with Crippen molar-refractivity contribution in [2.24, 2.45) is 11.7 Å². The molecule has 1 heterocycles. The normalized spacial score (nSPS) is 20.8. The van der Waals surface area contributed by atoms with Crippen LogP contribution in [0, 0.1) is 12.8 Å². The van der Waals surface area contributed by atoms with Crippen molar-refractivity contribution in [2.75, 3.05) is 18.8 Å². The number of carbonyl (C=O) groups is 2.